The molecular formula is C43H49ClN9O7P. The average molecular weight is 870 g/mol. The van der Waals surface area contributed by atoms with Crippen LogP contribution in [-0.2, 0) is 18.9 Å². The number of imide groups is 2. The summed E-state index contributed by atoms with van der Waals surface area (Å²) in [6, 6.07) is 17.2. The van der Waals surface area contributed by atoms with Crippen molar-refractivity contribution >= 4 is 88.1 Å². The van der Waals surface area contributed by atoms with E-state index in [4.69, 9.17) is 16.3 Å². The van der Waals surface area contributed by atoms with Crippen molar-refractivity contribution in [1.82, 2.24) is 25.1 Å². The summed E-state index contributed by atoms with van der Waals surface area (Å²) in [6.45, 7) is 6.56. The number of ether oxygens (including phenoxy) is 1. The van der Waals surface area contributed by atoms with E-state index >= 15 is 0 Å². The standard InChI is InChI=1S/C43H49ClN9O7P/c1-60-34-25-27(16-17-30(34)48-43-46-26-29(44)39(50-43)47-31-12-7-8-14-35(31)61(2,3)59)51-21-23-52(24-22-51)37(55)15-6-4-5-9-20-45-32-13-10-11-28-38(32)42(58)53(41(28)57)33-18-19-36(54)49-40(33)56/h7-8,10-14,16-17,25-26,33,45H,4-6,9,15,18-24H2,1-3H3,(H,49,54,56)(H2,46,47,48,50). The van der Waals surface area contributed by atoms with Gasteiger partial charge in [0.1, 0.15) is 24.0 Å². The zero-order chi connectivity index (χ0) is 43.3. The monoisotopic (exact) mass is 869 g/mol. The van der Waals surface area contributed by atoms with Crippen LogP contribution in [0.3, 0.4) is 0 Å². The summed E-state index contributed by atoms with van der Waals surface area (Å²) in [7, 11) is -0.975. The highest BCUT2D eigenvalue weighted by Crippen LogP contribution is 2.39. The van der Waals surface area contributed by atoms with Gasteiger partial charge in [0.05, 0.1) is 35.8 Å². The van der Waals surface area contributed by atoms with E-state index in [0.29, 0.717) is 84.0 Å². The van der Waals surface area contributed by atoms with Crippen molar-refractivity contribution in [2.75, 3.05) is 74.0 Å². The van der Waals surface area contributed by atoms with Gasteiger partial charge in [-0.3, -0.25) is 34.2 Å². The number of aromatic nitrogens is 2. The Hall–Kier alpha value is -5.99. The second kappa shape index (κ2) is 18.7. The molecule has 61 heavy (non-hydrogen) atoms. The summed E-state index contributed by atoms with van der Waals surface area (Å²) >= 11 is 6.45. The number of benzene rings is 3. The Morgan fingerprint density at radius 1 is 0.902 bits per heavy atom. The van der Waals surface area contributed by atoms with Crippen LogP contribution >= 0.6 is 18.7 Å². The second-order valence-electron chi connectivity index (χ2n) is 15.5. The maximum atomic E-state index is 13.3. The van der Waals surface area contributed by atoms with Gasteiger partial charge in [-0.15, -0.1) is 0 Å². The number of methoxy groups -OCH3 is 1. The number of hydrogen-bond acceptors (Lipinski definition) is 13. The number of piperidine rings is 1. The van der Waals surface area contributed by atoms with E-state index in [1.807, 2.05) is 47.4 Å². The lowest BCUT2D eigenvalue weighted by molar-refractivity contribution is -0.136. The van der Waals surface area contributed by atoms with Crippen molar-refractivity contribution in [3.63, 3.8) is 0 Å². The summed E-state index contributed by atoms with van der Waals surface area (Å²) in [5, 5.41) is 12.9. The first-order valence-electron chi connectivity index (χ1n) is 20.3. The number of unbranched alkanes of at least 4 members (excludes halogenated alkanes) is 3. The molecule has 0 bridgehead atoms. The molecule has 0 aliphatic carbocycles. The van der Waals surface area contributed by atoms with Gasteiger partial charge in [0.15, 0.2) is 5.82 Å². The Bertz CT molecular complexity index is 2400. The van der Waals surface area contributed by atoms with E-state index < -0.39 is 36.8 Å². The zero-order valence-electron chi connectivity index (χ0n) is 34.3. The van der Waals surface area contributed by atoms with Gasteiger partial charge in [0, 0.05) is 68.3 Å². The van der Waals surface area contributed by atoms with Gasteiger partial charge < -0.3 is 35.1 Å². The number of fused-ring (bicyclic) bond motifs is 1. The molecule has 16 nitrogen and oxygen atoms in total. The highest BCUT2D eigenvalue weighted by molar-refractivity contribution is 7.70. The number of halogens is 1. The molecule has 18 heteroatoms. The molecule has 1 aromatic heterocycles. The lowest BCUT2D eigenvalue weighted by Crippen LogP contribution is -2.54. The average Bonchev–Trinajstić information content (AvgIpc) is 3.50. The molecular weight excluding hydrogens is 821 g/mol. The Morgan fingerprint density at radius 2 is 1.66 bits per heavy atom. The van der Waals surface area contributed by atoms with Crippen LogP contribution in [0.4, 0.5) is 34.5 Å². The van der Waals surface area contributed by atoms with E-state index in [9.17, 15) is 28.5 Å². The quantitative estimate of drug-likeness (QED) is 0.0584. The molecule has 3 aliphatic heterocycles. The first-order valence-corrected chi connectivity index (χ1v) is 23.3. The number of hydrogen-bond donors (Lipinski definition) is 4. The molecule has 1 unspecified atom stereocenters. The number of nitrogens with zero attached hydrogens (tertiary/aromatic N) is 5. The fraction of sp³-hybridized carbons (Fsp3) is 0.372. The summed E-state index contributed by atoms with van der Waals surface area (Å²) in [4.78, 5) is 77.6. The number of piperazine rings is 1. The number of carbonyl (C=O) groups is 5. The van der Waals surface area contributed by atoms with Gasteiger partial charge in [-0.25, -0.2) is 4.98 Å². The summed E-state index contributed by atoms with van der Waals surface area (Å²) < 4.78 is 18.6. The molecule has 4 heterocycles. The molecule has 0 radical (unpaired) electrons. The molecule has 7 rings (SSSR count). The number of carbonyl (C=O) groups excluding carboxylic acids is 5. The minimum atomic E-state index is -2.57. The van der Waals surface area contributed by atoms with Gasteiger partial charge in [0.2, 0.25) is 23.7 Å². The van der Waals surface area contributed by atoms with Crippen LogP contribution in [0.1, 0.15) is 65.7 Å². The lowest BCUT2D eigenvalue weighted by atomic mass is 10.0. The molecule has 4 aromatic rings. The van der Waals surface area contributed by atoms with Crippen LogP contribution in [-0.4, -0.2) is 109 Å². The van der Waals surface area contributed by atoms with Crippen molar-refractivity contribution in [2.45, 2.75) is 51.0 Å². The lowest BCUT2D eigenvalue weighted by Gasteiger charge is -2.36. The molecule has 5 amide bonds. The number of para-hydroxylation sites is 1. The highest BCUT2D eigenvalue weighted by Gasteiger charge is 2.45. The number of rotatable bonds is 16. The maximum Gasteiger partial charge on any atom is 0.264 e. The van der Waals surface area contributed by atoms with Crippen LogP contribution < -0.4 is 36.2 Å². The molecule has 3 aliphatic rings. The zero-order valence-corrected chi connectivity index (χ0v) is 36.0. The van der Waals surface area contributed by atoms with Crippen molar-refractivity contribution in [3.05, 3.63) is 83.0 Å². The van der Waals surface area contributed by atoms with Crippen molar-refractivity contribution < 1.29 is 33.3 Å². The predicted molar refractivity (Wildman–Crippen MR) is 236 cm³/mol. The molecule has 4 N–H and O–H groups in total. The fourth-order valence-electron chi connectivity index (χ4n) is 7.80. The van der Waals surface area contributed by atoms with E-state index in [1.165, 1.54) is 6.20 Å². The summed E-state index contributed by atoms with van der Waals surface area (Å²) in [6.07, 6.45) is 5.45. The Balaban J connectivity index is 0.840. The van der Waals surface area contributed by atoms with Gasteiger partial charge in [0.25, 0.3) is 11.8 Å². The first kappa shape index (κ1) is 43.1. The van der Waals surface area contributed by atoms with Crippen LogP contribution in [0.15, 0.2) is 66.9 Å². The van der Waals surface area contributed by atoms with Crippen LogP contribution in [0.25, 0.3) is 0 Å². The molecule has 0 spiro atoms. The summed E-state index contributed by atoms with van der Waals surface area (Å²) in [5.74, 6) is -0.735. The largest absolute Gasteiger partial charge is 0.494 e. The Labute approximate surface area is 359 Å². The highest BCUT2D eigenvalue weighted by atomic mass is 35.5. The van der Waals surface area contributed by atoms with Crippen LogP contribution in [0.2, 0.25) is 5.02 Å². The second-order valence-corrected chi connectivity index (χ2v) is 19.1. The number of nitrogens with one attached hydrogen (secondary N) is 4. The van der Waals surface area contributed by atoms with Gasteiger partial charge in [-0.05, 0) is 69.0 Å². The molecule has 320 valence electrons. The fourth-order valence-corrected chi connectivity index (χ4v) is 9.10. The molecule has 1 atom stereocenters. The van der Waals surface area contributed by atoms with Crippen molar-refractivity contribution in [3.8, 4) is 5.75 Å². The van der Waals surface area contributed by atoms with E-state index in [-0.39, 0.29) is 29.9 Å². The van der Waals surface area contributed by atoms with Gasteiger partial charge in [-0.2, -0.15) is 4.98 Å². The predicted octanol–water partition coefficient (Wildman–Crippen LogP) is 5.99. The van der Waals surface area contributed by atoms with E-state index in [0.717, 1.165) is 36.3 Å². The number of amides is 5. The molecule has 0 saturated carbocycles. The number of anilines is 6. The normalized spacial score (nSPS) is 16.7. The minimum absolute atomic E-state index is 0.0653. The summed E-state index contributed by atoms with van der Waals surface area (Å²) in [5.41, 5.74) is 3.30. The Kier molecular flexibility index (Phi) is 13.2. The smallest absolute Gasteiger partial charge is 0.264 e. The Morgan fingerprint density at radius 3 is 2.41 bits per heavy atom. The van der Waals surface area contributed by atoms with Crippen molar-refractivity contribution in [2.24, 2.45) is 0 Å². The third-order valence-corrected chi connectivity index (χ3v) is 12.8. The van der Waals surface area contributed by atoms with Crippen LogP contribution in [0.5, 0.6) is 5.75 Å². The van der Waals surface area contributed by atoms with Crippen LogP contribution in [0, 0.1) is 0 Å². The molecule has 2 saturated heterocycles. The topological polar surface area (TPSA) is 195 Å². The minimum Gasteiger partial charge on any atom is -0.494 e. The van der Waals surface area contributed by atoms with Crippen molar-refractivity contribution in [1.29, 1.82) is 0 Å². The maximum absolute atomic E-state index is 13.3. The van der Waals surface area contributed by atoms with E-state index in [1.54, 1.807) is 38.6 Å². The first-order chi connectivity index (χ1) is 29.3. The SMILES string of the molecule is COc1cc(N2CCN(C(=O)CCCCCCNc3cccc4c3C(=O)N(C3CCC(=O)NC3=O)C4=O)CC2)ccc1Nc1ncc(Cl)c(Nc2ccccc2P(C)(C)=O)n1. The van der Waals surface area contributed by atoms with E-state index in [2.05, 4.69) is 36.1 Å². The van der Waals surface area contributed by atoms with Gasteiger partial charge in [-0.1, -0.05) is 42.6 Å². The molecule has 3 aromatic carbocycles. The third-order valence-electron chi connectivity index (χ3n) is 11.0. The molecule has 2 fully saturated rings. The van der Waals surface area contributed by atoms with Gasteiger partial charge >= 0.3 is 0 Å². The third kappa shape index (κ3) is 9.81.